The van der Waals surface area contributed by atoms with Crippen molar-refractivity contribution in [2.45, 2.75) is 32.4 Å². The first-order valence-electron chi connectivity index (χ1n) is 7.11. The van der Waals surface area contributed by atoms with Gasteiger partial charge in [-0.1, -0.05) is 6.07 Å². The molecule has 0 atom stereocenters. The molecule has 0 unspecified atom stereocenters. The summed E-state index contributed by atoms with van der Waals surface area (Å²) < 4.78 is 14.0. The predicted octanol–water partition coefficient (Wildman–Crippen LogP) is 3.33. The highest BCUT2D eigenvalue weighted by atomic mass is 19.1. The van der Waals surface area contributed by atoms with Crippen LogP contribution in [0.15, 0.2) is 42.7 Å². The smallest absolute Gasteiger partial charge is 0.257 e. The van der Waals surface area contributed by atoms with Crippen molar-refractivity contribution >= 4 is 5.91 Å². The highest BCUT2D eigenvalue weighted by Gasteiger charge is 2.33. The average Bonchev–Trinajstić information content (AvgIpc) is 3.30. The van der Waals surface area contributed by atoms with E-state index in [1.54, 1.807) is 29.4 Å². The Morgan fingerprint density at radius 3 is 2.62 bits per heavy atom. The van der Waals surface area contributed by atoms with Gasteiger partial charge in [0, 0.05) is 25.0 Å². The number of amides is 1. The molecule has 0 bridgehead atoms. The second kappa shape index (κ2) is 5.64. The van der Waals surface area contributed by atoms with E-state index in [1.165, 1.54) is 6.07 Å². The fourth-order valence-electron chi connectivity index (χ4n) is 2.39. The monoisotopic (exact) mass is 284 g/mol. The van der Waals surface area contributed by atoms with E-state index in [2.05, 4.69) is 4.98 Å². The van der Waals surface area contributed by atoms with Gasteiger partial charge < -0.3 is 4.90 Å². The van der Waals surface area contributed by atoms with Gasteiger partial charge >= 0.3 is 0 Å². The van der Waals surface area contributed by atoms with Gasteiger partial charge in [-0.3, -0.25) is 9.78 Å². The Balaban J connectivity index is 1.85. The minimum absolute atomic E-state index is 0.154. The number of aryl methyl sites for hydroxylation is 1. The van der Waals surface area contributed by atoms with Crippen LogP contribution >= 0.6 is 0 Å². The van der Waals surface area contributed by atoms with Crippen LogP contribution in [-0.2, 0) is 6.54 Å². The van der Waals surface area contributed by atoms with Crippen LogP contribution in [0.3, 0.4) is 0 Å². The molecule has 0 aliphatic heterocycles. The molecule has 0 saturated heterocycles. The van der Waals surface area contributed by atoms with Gasteiger partial charge in [-0.2, -0.15) is 0 Å². The molecule has 1 saturated carbocycles. The summed E-state index contributed by atoms with van der Waals surface area (Å²) in [4.78, 5) is 18.4. The quantitative estimate of drug-likeness (QED) is 0.862. The van der Waals surface area contributed by atoms with Crippen LogP contribution in [-0.4, -0.2) is 21.8 Å². The van der Waals surface area contributed by atoms with Crippen molar-refractivity contribution < 1.29 is 9.18 Å². The molecule has 3 nitrogen and oxygen atoms in total. The first-order valence-corrected chi connectivity index (χ1v) is 7.11. The first-order chi connectivity index (χ1) is 10.1. The van der Waals surface area contributed by atoms with Crippen molar-refractivity contribution in [3.63, 3.8) is 0 Å². The van der Waals surface area contributed by atoms with Crippen LogP contribution in [0.25, 0.3) is 0 Å². The molecular formula is C17H17FN2O. The molecule has 1 aromatic carbocycles. The van der Waals surface area contributed by atoms with Crippen LogP contribution in [0.2, 0.25) is 0 Å². The fourth-order valence-corrected chi connectivity index (χ4v) is 2.39. The summed E-state index contributed by atoms with van der Waals surface area (Å²) in [5.41, 5.74) is 1.98. The normalized spacial score (nSPS) is 14.0. The third kappa shape index (κ3) is 3.10. The van der Waals surface area contributed by atoms with Crippen molar-refractivity contribution in [1.29, 1.82) is 0 Å². The second-order valence-corrected chi connectivity index (χ2v) is 5.50. The van der Waals surface area contributed by atoms with E-state index in [1.807, 2.05) is 19.1 Å². The van der Waals surface area contributed by atoms with Crippen LogP contribution in [0.4, 0.5) is 4.39 Å². The molecule has 0 spiro atoms. The molecule has 1 aromatic heterocycles. The largest absolute Gasteiger partial charge is 0.331 e. The molecule has 1 amide bonds. The van der Waals surface area contributed by atoms with Gasteiger partial charge in [-0.25, -0.2) is 4.39 Å². The summed E-state index contributed by atoms with van der Waals surface area (Å²) in [6, 6.07) is 8.75. The molecular weight excluding hydrogens is 267 g/mol. The van der Waals surface area contributed by atoms with Crippen molar-refractivity contribution in [2.24, 2.45) is 0 Å². The van der Waals surface area contributed by atoms with Crippen molar-refractivity contribution in [2.75, 3.05) is 0 Å². The Morgan fingerprint density at radius 2 is 2.00 bits per heavy atom. The highest BCUT2D eigenvalue weighted by Crippen LogP contribution is 2.30. The molecule has 3 rings (SSSR count). The van der Waals surface area contributed by atoms with Gasteiger partial charge in [0.25, 0.3) is 5.91 Å². The lowest BCUT2D eigenvalue weighted by molar-refractivity contribution is 0.0725. The lowest BCUT2D eigenvalue weighted by atomic mass is 10.1. The number of hydrogen-bond acceptors (Lipinski definition) is 2. The number of pyridine rings is 1. The zero-order valence-electron chi connectivity index (χ0n) is 11.9. The lowest BCUT2D eigenvalue weighted by Gasteiger charge is -2.23. The minimum atomic E-state index is -0.444. The van der Waals surface area contributed by atoms with Gasteiger partial charge in [0.1, 0.15) is 5.82 Å². The maximum Gasteiger partial charge on any atom is 0.257 e. The highest BCUT2D eigenvalue weighted by molar-refractivity contribution is 5.95. The fraction of sp³-hybridized carbons (Fsp3) is 0.294. The molecule has 2 aromatic rings. The number of nitrogens with zero attached hydrogens (tertiary/aromatic N) is 2. The summed E-state index contributed by atoms with van der Waals surface area (Å²) in [6.45, 7) is 2.31. The Kier molecular flexibility index (Phi) is 3.69. The summed E-state index contributed by atoms with van der Waals surface area (Å²) in [5.74, 6) is -0.674. The van der Waals surface area contributed by atoms with E-state index in [-0.39, 0.29) is 17.5 Å². The zero-order chi connectivity index (χ0) is 14.8. The maximum atomic E-state index is 14.0. The van der Waals surface area contributed by atoms with Crippen LogP contribution in [0.1, 0.15) is 34.3 Å². The van der Waals surface area contributed by atoms with Gasteiger partial charge in [-0.05, 0) is 55.2 Å². The van der Waals surface area contributed by atoms with Crippen molar-refractivity contribution in [3.05, 3.63) is 65.2 Å². The Morgan fingerprint density at radius 1 is 1.29 bits per heavy atom. The van der Waals surface area contributed by atoms with E-state index in [9.17, 15) is 9.18 Å². The Bertz CT molecular complexity index is 653. The Hall–Kier alpha value is -2.23. The molecule has 1 aliphatic rings. The predicted molar refractivity (Wildman–Crippen MR) is 78.3 cm³/mol. The van der Waals surface area contributed by atoms with Gasteiger partial charge in [0.05, 0.1) is 5.56 Å². The summed E-state index contributed by atoms with van der Waals surface area (Å²) in [6.07, 6.45) is 5.39. The average molecular weight is 284 g/mol. The van der Waals surface area contributed by atoms with Crippen LogP contribution in [0, 0.1) is 12.7 Å². The molecule has 1 fully saturated rings. The molecule has 0 radical (unpaired) electrons. The molecule has 1 heterocycles. The maximum absolute atomic E-state index is 14.0. The number of aromatic nitrogens is 1. The lowest BCUT2D eigenvalue weighted by Crippen LogP contribution is -2.33. The van der Waals surface area contributed by atoms with E-state index >= 15 is 0 Å². The molecule has 21 heavy (non-hydrogen) atoms. The summed E-state index contributed by atoms with van der Waals surface area (Å²) >= 11 is 0. The number of halogens is 1. The topological polar surface area (TPSA) is 33.2 Å². The number of hydrogen-bond donors (Lipinski definition) is 0. The molecule has 1 aliphatic carbocycles. The van der Waals surface area contributed by atoms with E-state index in [0.29, 0.717) is 6.54 Å². The third-order valence-corrected chi connectivity index (χ3v) is 3.71. The number of benzene rings is 1. The van der Waals surface area contributed by atoms with Crippen molar-refractivity contribution in [3.8, 4) is 0 Å². The third-order valence-electron chi connectivity index (χ3n) is 3.71. The van der Waals surface area contributed by atoms with Crippen molar-refractivity contribution in [1.82, 2.24) is 9.88 Å². The van der Waals surface area contributed by atoms with Gasteiger partial charge in [0.15, 0.2) is 0 Å². The van der Waals surface area contributed by atoms with E-state index in [0.717, 1.165) is 24.0 Å². The molecule has 108 valence electrons. The van der Waals surface area contributed by atoms with E-state index < -0.39 is 5.82 Å². The number of rotatable bonds is 4. The summed E-state index contributed by atoms with van der Waals surface area (Å²) in [7, 11) is 0. The first kappa shape index (κ1) is 13.7. The Labute approximate surface area is 123 Å². The van der Waals surface area contributed by atoms with E-state index in [4.69, 9.17) is 0 Å². The second-order valence-electron chi connectivity index (χ2n) is 5.50. The number of carbonyl (C=O) groups is 1. The van der Waals surface area contributed by atoms with Gasteiger partial charge in [-0.15, -0.1) is 0 Å². The molecule has 0 N–H and O–H groups in total. The number of carbonyl (C=O) groups excluding carboxylic acids is 1. The summed E-state index contributed by atoms with van der Waals surface area (Å²) in [5, 5.41) is 0. The van der Waals surface area contributed by atoms with Gasteiger partial charge in [0.2, 0.25) is 0 Å². The minimum Gasteiger partial charge on any atom is -0.331 e. The molecule has 4 heteroatoms. The standard InChI is InChI=1S/C17H17FN2O/c1-12-2-5-15(16(18)10-12)17(21)20(14-3-4-14)11-13-6-8-19-9-7-13/h2,5-10,14H,3-4,11H2,1H3. The van der Waals surface area contributed by atoms with Crippen LogP contribution < -0.4 is 0 Å². The SMILES string of the molecule is Cc1ccc(C(=O)N(Cc2ccncc2)C2CC2)c(F)c1. The zero-order valence-corrected chi connectivity index (χ0v) is 11.9. The van der Waals surface area contributed by atoms with Crippen LogP contribution in [0.5, 0.6) is 0 Å².